The van der Waals surface area contributed by atoms with Gasteiger partial charge in [0, 0.05) is 12.0 Å². The van der Waals surface area contributed by atoms with Gasteiger partial charge in [-0.1, -0.05) is 54.5 Å². The normalized spacial score (nSPS) is 22.9. The molecule has 1 saturated heterocycles. The van der Waals surface area contributed by atoms with Gasteiger partial charge in [-0.15, -0.1) is 0 Å². The Kier molecular flexibility index (Phi) is 8.81. The molecule has 1 N–H and O–H groups in total. The molecule has 0 radical (unpaired) electrons. The minimum Gasteiger partial charge on any atom is -0.450 e. The molecule has 1 unspecified atom stereocenters. The van der Waals surface area contributed by atoms with Crippen molar-refractivity contribution in [1.82, 2.24) is 0 Å². The van der Waals surface area contributed by atoms with Crippen molar-refractivity contribution >= 4 is 5.97 Å². The first-order valence-corrected chi connectivity index (χ1v) is 10.1. The number of ether oxygens (including phenoxy) is 2. The maximum absolute atomic E-state index is 12.3. The lowest BCUT2D eigenvalue weighted by atomic mass is 9.86. The Labute approximate surface area is 160 Å². The molecule has 0 spiro atoms. The Morgan fingerprint density at radius 3 is 2.23 bits per heavy atom. The summed E-state index contributed by atoms with van der Waals surface area (Å²) in [6, 6.07) is 0. The highest BCUT2D eigenvalue weighted by atomic mass is 16.6. The molecule has 4 nitrogen and oxygen atoms in total. The van der Waals surface area contributed by atoms with Crippen molar-refractivity contribution in [3.05, 3.63) is 11.6 Å². The first-order valence-electron chi connectivity index (χ1n) is 10.1. The van der Waals surface area contributed by atoms with Crippen molar-refractivity contribution in [2.75, 3.05) is 19.8 Å². The second-order valence-corrected chi connectivity index (χ2v) is 10.1. The van der Waals surface area contributed by atoms with Crippen molar-refractivity contribution in [3.8, 4) is 0 Å². The first-order chi connectivity index (χ1) is 12.0. The van der Waals surface area contributed by atoms with E-state index < -0.39 is 5.60 Å². The van der Waals surface area contributed by atoms with Crippen LogP contribution in [0.4, 0.5) is 0 Å². The summed E-state index contributed by atoms with van der Waals surface area (Å²) in [5, 5.41) is 9.81. The van der Waals surface area contributed by atoms with Crippen LogP contribution >= 0.6 is 0 Å². The third-order valence-electron chi connectivity index (χ3n) is 4.58. The van der Waals surface area contributed by atoms with Gasteiger partial charge in [-0.3, -0.25) is 0 Å². The lowest BCUT2D eigenvalue weighted by Gasteiger charge is -2.27. The summed E-state index contributed by atoms with van der Waals surface area (Å²) in [5.41, 5.74) is -0.186. The molecule has 0 aromatic carbocycles. The minimum absolute atomic E-state index is 0.0405. The van der Waals surface area contributed by atoms with E-state index in [0.717, 1.165) is 19.3 Å². The van der Waals surface area contributed by atoms with E-state index in [-0.39, 0.29) is 24.6 Å². The smallest absolute Gasteiger partial charge is 0.334 e. The van der Waals surface area contributed by atoms with Gasteiger partial charge in [0.15, 0.2) is 5.60 Å². The number of rotatable bonds is 10. The molecule has 1 aliphatic rings. The Hall–Kier alpha value is -0.870. The number of aliphatic hydroxyl groups is 1. The molecule has 1 rings (SSSR count). The molecule has 0 bridgehead atoms. The van der Waals surface area contributed by atoms with Crippen LogP contribution in [0.15, 0.2) is 11.6 Å². The van der Waals surface area contributed by atoms with E-state index >= 15 is 0 Å². The molecule has 152 valence electrons. The molecule has 1 aliphatic heterocycles. The van der Waals surface area contributed by atoms with Gasteiger partial charge in [-0.2, -0.15) is 0 Å². The third-order valence-corrected chi connectivity index (χ3v) is 4.58. The monoisotopic (exact) mass is 368 g/mol. The minimum atomic E-state index is -0.917. The Bertz CT molecular complexity index is 463. The molecule has 1 atom stereocenters. The molecular weight excluding hydrogens is 328 g/mol. The highest BCUT2D eigenvalue weighted by Crippen LogP contribution is 2.33. The van der Waals surface area contributed by atoms with Crippen LogP contribution in [0.25, 0.3) is 0 Å². The fourth-order valence-corrected chi connectivity index (χ4v) is 3.56. The number of hydrogen-bond acceptors (Lipinski definition) is 4. The van der Waals surface area contributed by atoms with Gasteiger partial charge in [0.05, 0.1) is 19.8 Å². The van der Waals surface area contributed by atoms with Crippen LogP contribution in [-0.2, 0) is 14.3 Å². The van der Waals surface area contributed by atoms with Crippen LogP contribution in [0.1, 0.15) is 74.1 Å². The van der Waals surface area contributed by atoms with Gasteiger partial charge in [0.1, 0.15) is 0 Å². The number of esters is 1. The van der Waals surface area contributed by atoms with Crippen molar-refractivity contribution in [2.45, 2.75) is 79.8 Å². The summed E-state index contributed by atoms with van der Waals surface area (Å²) in [6.07, 6.45) is 5.69. The predicted octanol–water partition coefficient (Wildman–Crippen LogP) is 4.75. The van der Waals surface area contributed by atoms with Crippen molar-refractivity contribution in [1.29, 1.82) is 0 Å². The molecule has 0 amide bonds. The summed E-state index contributed by atoms with van der Waals surface area (Å²) in [4.78, 5) is 12.3. The average molecular weight is 369 g/mol. The fourth-order valence-electron chi connectivity index (χ4n) is 3.56. The number of carbonyl (C=O) groups excluding carboxylic acids is 1. The standard InChI is InChI=1S/C22H40O4/c1-16(2)10-18(11-17(3)4)8-9-19-12-22(13-23,26-20(19)24)15-25-14-21(5,6)7/h9,16-18,23H,8,10-15H2,1-7H3/b19-9-. The van der Waals surface area contributed by atoms with Gasteiger partial charge >= 0.3 is 5.97 Å². The van der Waals surface area contributed by atoms with Gasteiger partial charge in [-0.25, -0.2) is 4.79 Å². The second-order valence-electron chi connectivity index (χ2n) is 10.1. The highest BCUT2D eigenvalue weighted by Gasteiger charge is 2.43. The number of allylic oxidation sites excluding steroid dienone is 1. The van der Waals surface area contributed by atoms with E-state index in [1.54, 1.807) is 0 Å². The average Bonchev–Trinajstić information content (AvgIpc) is 2.79. The van der Waals surface area contributed by atoms with Gasteiger partial charge in [0.25, 0.3) is 0 Å². The summed E-state index contributed by atoms with van der Waals surface area (Å²) < 4.78 is 11.3. The quantitative estimate of drug-likeness (QED) is 0.446. The SMILES string of the molecule is CC(C)CC(C/C=C1/CC(CO)(COCC(C)(C)C)OC1=O)CC(C)C. The Morgan fingerprint density at radius 2 is 1.77 bits per heavy atom. The van der Waals surface area contributed by atoms with Crippen LogP contribution in [0.5, 0.6) is 0 Å². The van der Waals surface area contributed by atoms with E-state index in [2.05, 4.69) is 48.5 Å². The van der Waals surface area contributed by atoms with E-state index in [4.69, 9.17) is 9.47 Å². The molecule has 1 fully saturated rings. The molecular formula is C22H40O4. The number of cyclic esters (lactones) is 1. The second kappa shape index (κ2) is 9.89. The first kappa shape index (κ1) is 23.2. The molecule has 0 aromatic heterocycles. The zero-order valence-corrected chi connectivity index (χ0v) is 17.9. The molecule has 26 heavy (non-hydrogen) atoms. The third kappa shape index (κ3) is 8.22. The molecule has 1 heterocycles. The van der Waals surface area contributed by atoms with E-state index in [0.29, 0.717) is 36.4 Å². The lowest BCUT2D eigenvalue weighted by molar-refractivity contribution is -0.158. The number of aliphatic hydroxyl groups excluding tert-OH is 1. The highest BCUT2D eigenvalue weighted by molar-refractivity contribution is 5.91. The van der Waals surface area contributed by atoms with Crippen molar-refractivity contribution in [2.24, 2.45) is 23.2 Å². The maximum atomic E-state index is 12.3. The molecule has 0 saturated carbocycles. The number of carbonyl (C=O) groups is 1. The van der Waals surface area contributed by atoms with Gasteiger partial charge in [-0.05, 0) is 42.4 Å². The van der Waals surface area contributed by atoms with Crippen LogP contribution in [0, 0.1) is 23.2 Å². The molecule has 0 aromatic rings. The summed E-state index contributed by atoms with van der Waals surface area (Å²) in [6.45, 7) is 15.8. The van der Waals surface area contributed by atoms with Crippen molar-refractivity contribution in [3.63, 3.8) is 0 Å². The van der Waals surface area contributed by atoms with Crippen molar-refractivity contribution < 1.29 is 19.4 Å². The van der Waals surface area contributed by atoms with E-state index in [1.165, 1.54) is 0 Å². The summed E-state index contributed by atoms with van der Waals surface area (Å²) in [7, 11) is 0. The zero-order valence-electron chi connectivity index (χ0n) is 17.9. The number of hydrogen-bond donors (Lipinski definition) is 1. The summed E-state index contributed by atoms with van der Waals surface area (Å²) in [5.74, 6) is 1.58. The van der Waals surface area contributed by atoms with Crippen LogP contribution < -0.4 is 0 Å². The van der Waals surface area contributed by atoms with E-state index in [1.807, 2.05) is 6.08 Å². The van der Waals surface area contributed by atoms with Crippen LogP contribution in [0.2, 0.25) is 0 Å². The predicted molar refractivity (Wildman–Crippen MR) is 106 cm³/mol. The molecule has 4 heteroatoms. The fraction of sp³-hybridized carbons (Fsp3) is 0.864. The van der Waals surface area contributed by atoms with Crippen LogP contribution in [-0.4, -0.2) is 36.5 Å². The lowest BCUT2D eigenvalue weighted by Crippen LogP contribution is -2.39. The van der Waals surface area contributed by atoms with E-state index in [9.17, 15) is 9.90 Å². The maximum Gasteiger partial charge on any atom is 0.334 e. The summed E-state index contributed by atoms with van der Waals surface area (Å²) >= 11 is 0. The Balaban J connectivity index is 2.71. The zero-order chi connectivity index (χ0) is 20.0. The Morgan fingerprint density at radius 1 is 1.19 bits per heavy atom. The van der Waals surface area contributed by atoms with Gasteiger partial charge < -0.3 is 14.6 Å². The van der Waals surface area contributed by atoms with Gasteiger partial charge in [0.2, 0.25) is 0 Å². The molecule has 0 aliphatic carbocycles. The van der Waals surface area contributed by atoms with Crippen LogP contribution in [0.3, 0.4) is 0 Å². The topological polar surface area (TPSA) is 55.8 Å². The largest absolute Gasteiger partial charge is 0.450 e.